The van der Waals surface area contributed by atoms with Crippen LogP contribution in [-0.4, -0.2) is 23.5 Å². The van der Waals surface area contributed by atoms with E-state index in [1.165, 1.54) is 0 Å². The van der Waals surface area contributed by atoms with Crippen molar-refractivity contribution in [1.82, 2.24) is 4.98 Å². The molecule has 0 atom stereocenters. The molecule has 0 radical (unpaired) electrons. The van der Waals surface area contributed by atoms with Gasteiger partial charge < -0.3 is 16.2 Å². The second-order valence-electron chi connectivity index (χ2n) is 5.23. The number of pyridine rings is 1. The maximum Gasteiger partial charge on any atom is 0.339 e. The Balaban J connectivity index is 2.35. The fourth-order valence-electron chi connectivity index (χ4n) is 2.92. The van der Waals surface area contributed by atoms with Gasteiger partial charge in [-0.15, -0.1) is 11.3 Å². The summed E-state index contributed by atoms with van der Waals surface area (Å²) in [6.45, 7) is 2.04. The fraction of sp³-hybridized carbons (Fsp3) is 0.400. The molecule has 0 fully saturated rings. The van der Waals surface area contributed by atoms with Crippen LogP contribution in [0.2, 0.25) is 0 Å². The third kappa shape index (κ3) is 2.21. The number of nitrogens with zero attached hydrogens (tertiary/aromatic N) is 1. The summed E-state index contributed by atoms with van der Waals surface area (Å²) in [7, 11) is 0. The van der Waals surface area contributed by atoms with Crippen LogP contribution in [-0.2, 0) is 17.6 Å². The molecule has 1 amide bonds. The highest BCUT2D eigenvalue weighted by molar-refractivity contribution is 7.21. The number of anilines is 1. The number of rotatable bonds is 3. The van der Waals surface area contributed by atoms with Gasteiger partial charge in [-0.1, -0.05) is 0 Å². The molecule has 4 N–H and O–H groups in total. The standard InChI is InChI=1S/C15H17N3O3S/c1-2-21-15(20)9-7-5-3-4-6-8(7)18-14-10(9)11(16)12(22-14)13(17)19/h2-6,16H2,1H3,(H2,17,19). The molecule has 1 aliphatic carbocycles. The van der Waals surface area contributed by atoms with Crippen LogP contribution >= 0.6 is 11.3 Å². The number of carbonyl (C=O) groups is 2. The number of fused-ring (bicyclic) bond motifs is 2. The predicted molar refractivity (Wildman–Crippen MR) is 85.1 cm³/mol. The number of hydrogen-bond donors (Lipinski definition) is 2. The van der Waals surface area contributed by atoms with Crippen LogP contribution in [0, 0.1) is 0 Å². The van der Waals surface area contributed by atoms with Gasteiger partial charge in [-0.25, -0.2) is 9.78 Å². The number of aryl methyl sites for hydroxylation is 1. The number of nitrogen functional groups attached to an aromatic ring is 1. The second-order valence-corrected chi connectivity index (χ2v) is 6.23. The highest BCUT2D eigenvalue weighted by Gasteiger charge is 2.28. The van der Waals surface area contributed by atoms with Crippen molar-refractivity contribution in [3.05, 3.63) is 21.7 Å². The molecule has 116 valence electrons. The van der Waals surface area contributed by atoms with E-state index in [-0.39, 0.29) is 17.2 Å². The maximum absolute atomic E-state index is 12.4. The summed E-state index contributed by atoms with van der Waals surface area (Å²) in [4.78, 5) is 29.4. The van der Waals surface area contributed by atoms with Crippen LogP contribution in [0.25, 0.3) is 10.2 Å². The van der Waals surface area contributed by atoms with E-state index in [0.717, 1.165) is 48.3 Å². The molecule has 7 heteroatoms. The first-order valence-corrected chi connectivity index (χ1v) is 8.06. The first-order valence-electron chi connectivity index (χ1n) is 7.25. The van der Waals surface area contributed by atoms with E-state index in [4.69, 9.17) is 16.2 Å². The van der Waals surface area contributed by atoms with E-state index in [1.807, 2.05) is 0 Å². The number of thiophene rings is 1. The number of ether oxygens (including phenoxy) is 1. The van der Waals surface area contributed by atoms with Crippen molar-refractivity contribution in [3.8, 4) is 0 Å². The Morgan fingerprint density at radius 2 is 2.05 bits per heavy atom. The number of aromatic nitrogens is 1. The largest absolute Gasteiger partial charge is 0.462 e. The molecule has 0 unspecified atom stereocenters. The van der Waals surface area contributed by atoms with Gasteiger partial charge in [0, 0.05) is 11.1 Å². The zero-order chi connectivity index (χ0) is 15.9. The Labute approximate surface area is 131 Å². The van der Waals surface area contributed by atoms with Gasteiger partial charge in [0.15, 0.2) is 0 Å². The molecule has 0 saturated carbocycles. The van der Waals surface area contributed by atoms with E-state index >= 15 is 0 Å². The fourth-order valence-corrected chi connectivity index (χ4v) is 3.89. The normalized spacial score (nSPS) is 13.9. The Morgan fingerprint density at radius 1 is 1.32 bits per heavy atom. The number of amides is 1. The Kier molecular flexibility index (Phi) is 3.74. The average Bonchev–Trinajstić information content (AvgIpc) is 2.82. The van der Waals surface area contributed by atoms with Gasteiger partial charge in [0.25, 0.3) is 5.91 Å². The number of hydrogen-bond acceptors (Lipinski definition) is 6. The number of carbonyl (C=O) groups excluding carboxylic acids is 2. The van der Waals surface area contributed by atoms with Crippen LogP contribution < -0.4 is 11.5 Å². The van der Waals surface area contributed by atoms with Gasteiger partial charge in [0.2, 0.25) is 0 Å². The average molecular weight is 319 g/mol. The molecule has 2 aromatic rings. The van der Waals surface area contributed by atoms with Gasteiger partial charge in [0.05, 0.1) is 17.9 Å². The minimum absolute atomic E-state index is 0.233. The minimum Gasteiger partial charge on any atom is -0.462 e. The van der Waals surface area contributed by atoms with Crippen molar-refractivity contribution >= 4 is 39.1 Å². The SMILES string of the molecule is CCOC(=O)c1c2c(nc3sc(C(N)=O)c(N)c13)CCCC2. The lowest BCUT2D eigenvalue weighted by Crippen LogP contribution is -2.16. The van der Waals surface area contributed by atoms with Gasteiger partial charge in [-0.3, -0.25) is 4.79 Å². The lowest BCUT2D eigenvalue weighted by molar-refractivity contribution is 0.0527. The molecule has 0 aromatic carbocycles. The topological polar surface area (TPSA) is 108 Å². The zero-order valence-electron chi connectivity index (χ0n) is 12.3. The molecular weight excluding hydrogens is 302 g/mol. The summed E-state index contributed by atoms with van der Waals surface area (Å²) >= 11 is 1.14. The Morgan fingerprint density at radius 3 is 2.73 bits per heavy atom. The summed E-state index contributed by atoms with van der Waals surface area (Å²) in [5, 5.41) is 0.512. The molecular formula is C15H17N3O3S. The van der Waals surface area contributed by atoms with Crippen LogP contribution in [0.5, 0.6) is 0 Å². The monoisotopic (exact) mass is 319 g/mol. The highest BCUT2D eigenvalue weighted by Crippen LogP contribution is 2.39. The van der Waals surface area contributed by atoms with Gasteiger partial charge in [-0.2, -0.15) is 0 Å². The van der Waals surface area contributed by atoms with E-state index in [0.29, 0.717) is 15.8 Å². The summed E-state index contributed by atoms with van der Waals surface area (Å²) in [6.07, 6.45) is 3.63. The summed E-state index contributed by atoms with van der Waals surface area (Å²) in [6, 6.07) is 0. The van der Waals surface area contributed by atoms with Crippen LogP contribution in [0.1, 0.15) is 51.1 Å². The lowest BCUT2D eigenvalue weighted by atomic mass is 9.90. The van der Waals surface area contributed by atoms with Crippen molar-refractivity contribution in [1.29, 1.82) is 0 Å². The van der Waals surface area contributed by atoms with Gasteiger partial charge in [-0.05, 0) is 38.2 Å². The number of primary amides is 1. The van der Waals surface area contributed by atoms with Crippen LogP contribution in [0.4, 0.5) is 5.69 Å². The van der Waals surface area contributed by atoms with Gasteiger partial charge in [0.1, 0.15) is 9.71 Å². The second kappa shape index (κ2) is 5.57. The molecule has 2 heterocycles. The molecule has 2 aromatic heterocycles. The summed E-state index contributed by atoms with van der Waals surface area (Å²) in [5.74, 6) is -1.01. The first-order chi connectivity index (χ1) is 10.5. The summed E-state index contributed by atoms with van der Waals surface area (Å²) < 4.78 is 5.19. The molecule has 0 spiro atoms. The minimum atomic E-state index is -0.603. The Bertz CT molecular complexity index is 782. The van der Waals surface area contributed by atoms with Crippen LogP contribution in [0.15, 0.2) is 0 Å². The number of nitrogens with two attached hydrogens (primary N) is 2. The van der Waals surface area contributed by atoms with E-state index in [2.05, 4.69) is 4.98 Å². The smallest absolute Gasteiger partial charge is 0.339 e. The molecule has 6 nitrogen and oxygen atoms in total. The first kappa shape index (κ1) is 14.8. The van der Waals surface area contributed by atoms with Crippen molar-refractivity contribution < 1.29 is 14.3 Å². The highest BCUT2D eigenvalue weighted by atomic mass is 32.1. The van der Waals surface area contributed by atoms with E-state index < -0.39 is 11.9 Å². The molecule has 22 heavy (non-hydrogen) atoms. The lowest BCUT2D eigenvalue weighted by Gasteiger charge is -2.18. The third-order valence-electron chi connectivity index (χ3n) is 3.86. The zero-order valence-corrected chi connectivity index (χ0v) is 13.1. The van der Waals surface area contributed by atoms with E-state index in [9.17, 15) is 9.59 Å². The molecule has 0 bridgehead atoms. The molecule has 3 rings (SSSR count). The van der Waals surface area contributed by atoms with Gasteiger partial charge >= 0.3 is 5.97 Å². The molecule has 0 saturated heterocycles. The predicted octanol–water partition coefficient (Wildman–Crippen LogP) is 2.03. The number of esters is 1. The molecule has 1 aliphatic rings. The van der Waals surface area contributed by atoms with E-state index in [1.54, 1.807) is 6.92 Å². The van der Waals surface area contributed by atoms with Crippen molar-refractivity contribution in [2.45, 2.75) is 32.6 Å². The van der Waals surface area contributed by atoms with Crippen molar-refractivity contribution in [3.63, 3.8) is 0 Å². The molecule has 0 aliphatic heterocycles. The third-order valence-corrected chi connectivity index (χ3v) is 4.97. The quantitative estimate of drug-likeness (QED) is 0.841. The maximum atomic E-state index is 12.4. The summed E-state index contributed by atoms with van der Waals surface area (Å²) in [5.41, 5.74) is 13.9. The van der Waals surface area contributed by atoms with Crippen molar-refractivity contribution in [2.75, 3.05) is 12.3 Å². The van der Waals surface area contributed by atoms with Crippen LogP contribution in [0.3, 0.4) is 0 Å². The Hall–Kier alpha value is -2.15. The van der Waals surface area contributed by atoms with Crippen molar-refractivity contribution in [2.24, 2.45) is 5.73 Å².